The lowest BCUT2D eigenvalue weighted by molar-refractivity contribution is 0.103. The number of thiophene rings is 1. The Kier molecular flexibility index (Phi) is 3.69. The van der Waals surface area contributed by atoms with Gasteiger partial charge in [-0.1, -0.05) is 12.1 Å². The van der Waals surface area contributed by atoms with Gasteiger partial charge in [0.15, 0.2) is 0 Å². The van der Waals surface area contributed by atoms with E-state index in [9.17, 15) is 13.2 Å². The second kappa shape index (κ2) is 5.50. The first-order valence-electron chi connectivity index (χ1n) is 6.52. The molecule has 1 saturated heterocycles. The molecule has 1 aliphatic heterocycles. The Bertz CT molecular complexity index is 754. The number of anilines is 2. The van der Waals surface area contributed by atoms with Crippen LogP contribution in [0.1, 0.15) is 16.1 Å². The van der Waals surface area contributed by atoms with Gasteiger partial charge in [-0.05, 0) is 36.1 Å². The maximum absolute atomic E-state index is 12.0. The third-order valence-corrected chi connectivity index (χ3v) is 5.97. The predicted molar refractivity (Wildman–Crippen MR) is 84.5 cm³/mol. The van der Waals surface area contributed by atoms with Crippen molar-refractivity contribution in [2.75, 3.05) is 21.9 Å². The number of rotatable bonds is 3. The minimum absolute atomic E-state index is 0.179. The molecular weight excluding hydrogens is 308 g/mol. The van der Waals surface area contributed by atoms with Gasteiger partial charge in [0.2, 0.25) is 10.0 Å². The van der Waals surface area contributed by atoms with E-state index in [0.29, 0.717) is 29.2 Å². The molecule has 1 aliphatic rings. The lowest BCUT2D eigenvalue weighted by Gasteiger charge is -2.17. The van der Waals surface area contributed by atoms with Gasteiger partial charge in [-0.3, -0.25) is 9.10 Å². The molecule has 2 heterocycles. The molecule has 1 N–H and O–H groups in total. The molecule has 5 nitrogen and oxygen atoms in total. The van der Waals surface area contributed by atoms with Gasteiger partial charge < -0.3 is 5.32 Å². The van der Waals surface area contributed by atoms with E-state index >= 15 is 0 Å². The highest BCUT2D eigenvalue weighted by molar-refractivity contribution is 7.93. The molecule has 3 rings (SSSR count). The average molecular weight is 322 g/mol. The van der Waals surface area contributed by atoms with Gasteiger partial charge in [0.1, 0.15) is 0 Å². The predicted octanol–water partition coefficient (Wildman–Crippen LogP) is 2.54. The van der Waals surface area contributed by atoms with Gasteiger partial charge in [0.25, 0.3) is 5.91 Å². The van der Waals surface area contributed by atoms with E-state index in [2.05, 4.69) is 5.32 Å². The highest BCUT2D eigenvalue weighted by Gasteiger charge is 2.28. The van der Waals surface area contributed by atoms with E-state index in [0.717, 1.165) is 0 Å². The van der Waals surface area contributed by atoms with Crippen LogP contribution in [0, 0.1) is 0 Å². The summed E-state index contributed by atoms with van der Waals surface area (Å²) in [5.74, 6) is -0.00914. The fourth-order valence-corrected chi connectivity index (χ4v) is 4.44. The number of carbonyl (C=O) groups excluding carboxylic acids is 1. The van der Waals surface area contributed by atoms with Crippen LogP contribution in [-0.4, -0.2) is 26.6 Å². The van der Waals surface area contributed by atoms with Crippen molar-refractivity contribution >= 4 is 38.6 Å². The number of amides is 1. The number of benzene rings is 1. The summed E-state index contributed by atoms with van der Waals surface area (Å²) in [5.41, 5.74) is 1.18. The first-order chi connectivity index (χ1) is 10.1. The summed E-state index contributed by atoms with van der Waals surface area (Å²) < 4.78 is 25.2. The number of hydrogen-bond acceptors (Lipinski definition) is 4. The van der Waals surface area contributed by atoms with Crippen LogP contribution in [0.3, 0.4) is 0 Å². The van der Waals surface area contributed by atoms with Crippen molar-refractivity contribution in [1.82, 2.24) is 0 Å². The van der Waals surface area contributed by atoms with Crippen molar-refractivity contribution in [3.63, 3.8) is 0 Å². The van der Waals surface area contributed by atoms with Crippen LogP contribution in [0.25, 0.3) is 0 Å². The maximum atomic E-state index is 12.0. The Morgan fingerprint density at radius 3 is 2.76 bits per heavy atom. The molecule has 1 aromatic carbocycles. The fourth-order valence-electron chi connectivity index (χ4n) is 2.27. The summed E-state index contributed by atoms with van der Waals surface area (Å²) in [6.07, 6.45) is 0.633. The van der Waals surface area contributed by atoms with Gasteiger partial charge in [0.05, 0.1) is 16.3 Å². The van der Waals surface area contributed by atoms with Gasteiger partial charge >= 0.3 is 0 Å². The molecule has 110 valence electrons. The summed E-state index contributed by atoms with van der Waals surface area (Å²) in [4.78, 5) is 12.6. The van der Waals surface area contributed by atoms with Crippen molar-refractivity contribution in [2.45, 2.75) is 6.42 Å². The third-order valence-electron chi connectivity index (χ3n) is 3.24. The van der Waals surface area contributed by atoms with Crippen LogP contribution >= 0.6 is 11.3 Å². The Labute approximate surface area is 127 Å². The van der Waals surface area contributed by atoms with E-state index in [4.69, 9.17) is 0 Å². The van der Waals surface area contributed by atoms with Gasteiger partial charge in [-0.2, -0.15) is 0 Å². The number of sulfonamides is 1. The van der Waals surface area contributed by atoms with Gasteiger partial charge in [0, 0.05) is 12.2 Å². The standard InChI is InChI=1S/C14H14N2O3S2/c17-14(13-6-2-8-20-13)15-11-4-1-5-12(10-11)16-7-3-9-21(16,18)19/h1-2,4-6,8,10H,3,7,9H2,(H,15,17). The van der Waals surface area contributed by atoms with E-state index in [-0.39, 0.29) is 11.7 Å². The maximum Gasteiger partial charge on any atom is 0.265 e. The van der Waals surface area contributed by atoms with Crippen LogP contribution in [-0.2, 0) is 10.0 Å². The van der Waals surface area contributed by atoms with Crippen molar-refractivity contribution in [3.8, 4) is 0 Å². The molecule has 0 unspecified atom stereocenters. The van der Waals surface area contributed by atoms with E-state index in [1.54, 1.807) is 30.3 Å². The summed E-state index contributed by atoms with van der Waals surface area (Å²) in [6, 6.07) is 10.5. The van der Waals surface area contributed by atoms with Crippen molar-refractivity contribution in [2.24, 2.45) is 0 Å². The van der Waals surface area contributed by atoms with Crippen LogP contribution < -0.4 is 9.62 Å². The van der Waals surface area contributed by atoms with Crippen molar-refractivity contribution < 1.29 is 13.2 Å². The minimum Gasteiger partial charge on any atom is -0.321 e. The first-order valence-corrected chi connectivity index (χ1v) is 9.00. The monoisotopic (exact) mass is 322 g/mol. The summed E-state index contributed by atoms with van der Waals surface area (Å²) in [5, 5.41) is 4.62. The molecule has 0 atom stereocenters. The highest BCUT2D eigenvalue weighted by atomic mass is 32.2. The van der Waals surface area contributed by atoms with Crippen LogP contribution in [0.2, 0.25) is 0 Å². The molecule has 0 bridgehead atoms. The fraction of sp³-hybridized carbons (Fsp3) is 0.214. The Morgan fingerprint density at radius 2 is 2.10 bits per heavy atom. The molecule has 0 radical (unpaired) electrons. The third kappa shape index (κ3) is 2.93. The number of hydrogen-bond donors (Lipinski definition) is 1. The molecule has 1 amide bonds. The highest BCUT2D eigenvalue weighted by Crippen LogP contribution is 2.26. The Hall–Kier alpha value is -1.86. The second-order valence-electron chi connectivity index (χ2n) is 4.72. The molecule has 1 fully saturated rings. The van der Waals surface area contributed by atoms with E-state index in [1.165, 1.54) is 15.6 Å². The van der Waals surface area contributed by atoms with E-state index < -0.39 is 10.0 Å². The zero-order valence-corrected chi connectivity index (χ0v) is 12.8. The van der Waals surface area contributed by atoms with Crippen molar-refractivity contribution in [1.29, 1.82) is 0 Å². The first kappa shape index (κ1) is 14.1. The molecule has 0 saturated carbocycles. The zero-order chi connectivity index (χ0) is 14.9. The van der Waals surface area contributed by atoms with Crippen molar-refractivity contribution in [3.05, 3.63) is 46.7 Å². The Morgan fingerprint density at radius 1 is 1.24 bits per heavy atom. The average Bonchev–Trinajstić information content (AvgIpc) is 3.08. The zero-order valence-electron chi connectivity index (χ0n) is 11.2. The summed E-state index contributed by atoms with van der Waals surface area (Å²) in [7, 11) is -3.21. The quantitative estimate of drug-likeness (QED) is 0.944. The smallest absolute Gasteiger partial charge is 0.265 e. The number of carbonyl (C=O) groups is 1. The van der Waals surface area contributed by atoms with Crippen LogP contribution in [0.4, 0.5) is 11.4 Å². The lowest BCUT2D eigenvalue weighted by atomic mass is 10.2. The molecule has 7 heteroatoms. The van der Waals surface area contributed by atoms with E-state index in [1.807, 2.05) is 11.4 Å². The SMILES string of the molecule is O=C(Nc1cccc(N2CCCS2(=O)=O)c1)c1cccs1. The Balaban J connectivity index is 1.82. The molecule has 2 aromatic rings. The summed E-state index contributed by atoms with van der Waals surface area (Å²) >= 11 is 1.36. The lowest BCUT2D eigenvalue weighted by Crippen LogP contribution is -2.25. The van der Waals surface area contributed by atoms with Crippen LogP contribution in [0.5, 0.6) is 0 Å². The molecule has 1 aromatic heterocycles. The molecular formula is C14H14N2O3S2. The van der Waals surface area contributed by atoms with Crippen LogP contribution in [0.15, 0.2) is 41.8 Å². The van der Waals surface area contributed by atoms with Gasteiger partial charge in [-0.25, -0.2) is 8.42 Å². The normalized spacial score (nSPS) is 16.9. The number of nitrogens with zero attached hydrogens (tertiary/aromatic N) is 1. The van der Waals surface area contributed by atoms with Gasteiger partial charge in [-0.15, -0.1) is 11.3 Å². The molecule has 21 heavy (non-hydrogen) atoms. The molecule has 0 aliphatic carbocycles. The second-order valence-corrected chi connectivity index (χ2v) is 7.68. The summed E-state index contributed by atoms with van der Waals surface area (Å²) in [6.45, 7) is 0.491. The number of nitrogens with one attached hydrogen (secondary N) is 1. The minimum atomic E-state index is -3.21. The topological polar surface area (TPSA) is 66.5 Å². The molecule has 0 spiro atoms. The largest absolute Gasteiger partial charge is 0.321 e.